The highest BCUT2D eigenvalue weighted by molar-refractivity contribution is 5.81. The van der Waals surface area contributed by atoms with Crippen LogP contribution in [0.15, 0.2) is 0 Å². The van der Waals surface area contributed by atoms with Crippen LogP contribution < -0.4 is 11.3 Å². The average molecular weight is 270 g/mol. The Balaban J connectivity index is 3.85. The Kier molecular flexibility index (Phi) is 9.94. The van der Waals surface area contributed by atoms with Crippen molar-refractivity contribution in [3.8, 4) is 0 Å². The standard InChI is InChI=1S/C16H34N2O/c1-5-12-16(4,15(19)18-17)13-10-8-7-9-11-14(3)6-2/h14H,5-13,17H2,1-4H3,(H,18,19). The molecular formula is C16H34N2O. The molecule has 0 aromatic carbocycles. The van der Waals surface area contributed by atoms with E-state index in [1.54, 1.807) is 0 Å². The number of hydrogen-bond donors (Lipinski definition) is 2. The number of carbonyl (C=O) groups excluding carboxylic acids is 1. The Morgan fingerprint density at radius 1 is 1.16 bits per heavy atom. The van der Waals surface area contributed by atoms with E-state index in [1.165, 1.54) is 32.1 Å². The minimum absolute atomic E-state index is 0.00560. The lowest BCUT2D eigenvalue weighted by Gasteiger charge is -2.27. The third-order valence-electron chi connectivity index (χ3n) is 4.35. The van der Waals surface area contributed by atoms with Crippen LogP contribution in [-0.2, 0) is 4.79 Å². The third kappa shape index (κ3) is 7.56. The Labute approximate surface area is 119 Å². The molecule has 0 bridgehead atoms. The van der Waals surface area contributed by atoms with Gasteiger partial charge in [-0.1, -0.05) is 72.6 Å². The van der Waals surface area contributed by atoms with Gasteiger partial charge in [0.05, 0.1) is 0 Å². The molecule has 0 aliphatic carbocycles. The molecule has 0 spiro atoms. The van der Waals surface area contributed by atoms with E-state index in [2.05, 4.69) is 26.2 Å². The lowest BCUT2D eigenvalue weighted by Crippen LogP contribution is -2.42. The van der Waals surface area contributed by atoms with Crippen LogP contribution in [0.2, 0.25) is 0 Å². The quantitative estimate of drug-likeness (QED) is 0.256. The molecule has 0 aromatic heterocycles. The third-order valence-corrected chi connectivity index (χ3v) is 4.35. The molecule has 0 fully saturated rings. The van der Waals surface area contributed by atoms with Crippen LogP contribution >= 0.6 is 0 Å². The van der Waals surface area contributed by atoms with E-state index < -0.39 is 0 Å². The summed E-state index contributed by atoms with van der Waals surface area (Å²) in [6, 6.07) is 0. The highest BCUT2D eigenvalue weighted by atomic mass is 16.2. The van der Waals surface area contributed by atoms with Crippen LogP contribution in [0.5, 0.6) is 0 Å². The van der Waals surface area contributed by atoms with Gasteiger partial charge < -0.3 is 0 Å². The first kappa shape index (κ1) is 18.4. The zero-order valence-electron chi connectivity index (χ0n) is 13.4. The average Bonchev–Trinajstić information content (AvgIpc) is 2.41. The molecular weight excluding hydrogens is 236 g/mol. The van der Waals surface area contributed by atoms with Gasteiger partial charge in [0.15, 0.2) is 0 Å². The summed E-state index contributed by atoms with van der Waals surface area (Å²) in [5.74, 6) is 6.14. The number of nitrogens with one attached hydrogen (secondary N) is 1. The van der Waals surface area contributed by atoms with Gasteiger partial charge in [-0.25, -0.2) is 5.84 Å². The van der Waals surface area contributed by atoms with Gasteiger partial charge in [-0.3, -0.25) is 10.2 Å². The molecule has 0 saturated carbocycles. The smallest absolute Gasteiger partial charge is 0.239 e. The number of rotatable bonds is 11. The molecule has 0 radical (unpaired) electrons. The number of hydrogen-bond acceptors (Lipinski definition) is 2. The normalized spacial score (nSPS) is 15.8. The molecule has 0 aliphatic rings. The number of nitrogens with two attached hydrogens (primary N) is 1. The molecule has 2 atom stereocenters. The van der Waals surface area contributed by atoms with Crippen LogP contribution in [0, 0.1) is 11.3 Å². The lowest BCUT2D eigenvalue weighted by molar-refractivity contribution is -0.131. The topological polar surface area (TPSA) is 55.1 Å². The molecule has 3 nitrogen and oxygen atoms in total. The van der Waals surface area contributed by atoms with Gasteiger partial charge in [0.25, 0.3) is 0 Å². The van der Waals surface area contributed by atoms with Gasteiger partial charge in [0.1, 0.15) is 0 Å². The SMILES string of the molecule is CCCC(C)(CCCCCCC(C)CC)C(=O)NN. The molecule has 0 heterocycles. The summed E-state index contributed by atoms with van der Waals surface area (Å²) < 4.78 is 0. The van der Waals surface area contributed by atoms with Gasteiger partial charge in [-0.2, -0.15) is 0 Å². The second-order valence-corrected chi connectivity index (χ2v) is 6.25. The van der Waals surface area contributed by atoms with E-state index in [-0.39, 0.29) is 11.3 Å². The molecule has 114 valence electrons. The summed E-state index contributed by atoms with van der Waals surface area (Å²) in [7, 11) is 0. The molecule has 0 saturated heterocycles. The Bertz CT molecular complexity index is 243. The summed E-state index contributed by atoms with van der Waals surface area (Å²) >= 11 is 0. The van der Waals surface area contributed by atoms with Crippen molar-refractivity contribution in [2.24, 2.45) is 17.2 Å². The minimum Gasteiger partial charge on any atom is -0.294 e. The van der Waals surface area contributed by atoms with Gasteiger partial charge in [-0.15, -0.1) is 0 Å². The van der Waals surface area contributed by atoms with Crippen molar-refractivity contribution in [2.45, 2.75) is 85.5 Å². The highest BCUT2D eigenvalue weighted by Gasteiger charge is 2.30. The summed E-state index contributed by atoms with van der Waals surface area (Å²) in [6.07, 6.45) is 10.5. The van der Waals surface area contributed by atoms with Crippen LogP contribution in [0.1, 0.15) is 85.5 Å². The molecule has 0 rings (SSSR count). The summed E-state index contributed by atoms with van der Waals surface area (Å²) in [5.41, 5.74) is 2.05. The maximum absolute atomic E-state index is 11.8. The number of carbonyl (C=O) groups is 1. The monoisotopic (exact) mass is 270 g/mol. The van der Waals surface area contributed by atoms with Crippen LogP contribution in [0.3, 0.4) is 0 Å². The van der Waals surface area contributed by atoms with E-state index in [4.69, 9.17) is 5.84 Å². The van der Waals surface area contributed by atoms with Gasteiger partial charge >= 0.3 is 0 Å². The van der Waals surface area contributed by atoms with Crippen molar-refractivity contribution in [3.63, 3.8) is 0 Å². The van der Waals surface area contributed by atoms with Crippen LogP contribution in [0.25, 0.3) is 0 Å². The lowest BCUT2D eigenvalue weighted by atomic mass is 9.79. The van der Waals surface area contributed by atoms with E-state index in [1.807, 2.05) is 6.92 Å². The van der Waals surface area contributed by atoms with E-state index >= 15 is 0 Å². The van der Waals surface area contributed by atoms with Crippen molar-refractivity contribution >= 4 is 5.91 Å². The predicted molar refractivity (Wildman–Crippen MR) is 82.5 cm³/mol. The summed E-state index contributed by atoms with van der Waals surface area (Å²) in [6.45, 7) is 8.74. The maximum atomic E-state index is 11.8. The molecule has 2 unspecified atom stereocenters. The Hall–Kier alpha value is -0.570. The molecule has 3 heteroatoms. The molecule has 0 aliphatic heterocycles. The zero-order chi connectivity index (χ0) is 14.7. The summed E-state index contributed by atoms with van der Waals surface area (Å²) in [4.78, 5) is 11.8. The van der Waals surface area contributed by atoms with E-state index in [0.29, 0.717) is 0 Å². The first-order valence-corrected chi connectivity index (χ1v) is 8.01. The van der Waals surface area contributed by atoms with Gasteiger partial charge in [0, 0.05) is 5.41 Å². The first-order valence-electron chi connectivity index (χ1n) is 8.01. The maximum Gasteiger partial charge on any atom is 0.239 e. The van der Waals surface area contributed by atoms with Crippen LogP contribution in [0.4, 0.5) is 0 Å². The second kappa shape index (κ2) is 10.2. The fraction of sp³-hybridized carbons (Fsp3) is 0.938. The zero-order valence-corrected chi connectivity index (χ0v) is 13.4. The van der Waals surface area contributed by atoms with Crippen molar-refractivity contribution in [1.82, 2.24) is 5.43 Å². The number of unbranched alkanes of at least 4 members (excludes halogenated alkanes) is 3. The van der Waals surface area contributed by atoms with Crippen LogP contribution in [-0.4, -0.2) is 5.91 Å². The van der Waals surface area contributed by atoms with Gasteiger partial charge in [0.2, 0.25) is 5.91 Å². The number of hydrazine groups is 1. The molecule has 1 amide bonds. The molecule has 3 N–H and O–H groups in total. The Morgan fingerprint density at radius 3 is 2.32 bits per heavy atom. The van der Waals surface area contributed by atoms with E-state index in [9.17, 15) is 4.79 Å². The minimum atomic E-state index is -0.278. The van der Waals surface area contributed by atoms with Crippen molar-refractivity contribution in [1.29, 1.82) is 0 Å². The van der Waals surface area contributed by atoms with Crippen molar-refractivity contribution in [3.05, 3.63) is 0 Å². The highest BCUT2D eigenvalue weighted by Crippen LogP contribution is 2.30. The predicted octanol–water partition coefficient (Wildman–Crippen LogP) is 4.17. The van der Waals surface area contributed by atoms with Crippen molar-refractivity contribution < 1.29 is 4.79 Å². The van der Waals surface area contributed by atoms with Gasteiger partial charge in [-0.05, 0) is 18.8 Å². The summed E-state index contributed by atoms with van der Waals surface area (Å²) in [5, 5.41) is 0. The number of amides is 1. The second-order valence-electron chi connectivity index (χ2n) is 6.25. The first-order chi connectivity index (χ1) is 9.00. The molecule has 0 aromatic rings. The Morgan fingerprint density at radius 2 is 1.79 bits per heavy atom. The van der Waals surface area contributed by atoms with Crippen molar-refractivity contribution in [2.75, 3.05) is 0 Å². The largest absolute Gasteiger partial charge is 0.294 e. The molecule has 19 heavy (non-hydrogen) atoms. The van der Waals surface area contributed by atoms with E-state index in [0.717, 1.165) is 31.6 Å². The fourth-order valence-electron chi connectivity index (χ4n) is 2.64. The fourth-order valence-corrected chi connectivity index (χ4v) is 2.64.